The fourth-order valence-corrected chi connectivity index (χ4v) is 3.44. The highest BCUT2D eigenvalue weighted by atomic mass is 35.5. The van der Waals surface area contributed by atoms with Crippen LogP contribution in [0.4, 0.5) is 0 Å². The topological polar surface area (TPSA) is 45.7 Å². The van der Waals surface area contributed by atoms with E-state index in [4.69, 9.17) is 21.3 Å². The van der Waals surface area contributed by atoms with Crippen LogP contribution < -0.4 is 10.6 Å². The average Bonchev–Trinajstić information content (AvgIpc) is 3.43. The van der Waals surface area contributed by atoms with Gasteiger partial charge in [-0.2, -0.15) is 0 Å². The highest BCUT2D eigenvalue weighted by molar-refractivity contribution is 6.30. The second kappa shape index (κ2) is 8.21. The zero-order valence-electron chi connectivity index (χ0n) is 14.5. The highest BCUT2D eigenvalue weighted by Crippen LogP contribution is 2.36. The van der Waals surface area contributed by atoms with E-state index in [-0.39, 0.29) is 5.41 Å². The quantitative estimate of drug-likeness (QED) is 0.611. The molecule has 0 atom stereocenters. The van der Waals surface area contributed by atoms with Crippen molar-refractivity contribution in [3.63, 3.8) is 0 Å². The molecule has 2 aliphatic rings. The van der Waals surface area contributed by atoms with Gasteiger partial charge in [0.1, 0.15) is 0 Å². The minimum Gasteiger partial charge on any atom is -0.381 e. The molecule has 1 aromatic carbocycles. The van der Waals surface area contributed by atoms with Crippen LogP contribution in [0.2, 0.25) is 5.02 Å². The Morgan fingerprint density at radius 1 is 1.29 bits per heavy atom. The second-order valence-electron chi connectivity index (χ2n) is 6.92. The summed E-state index contributed by atoms with van der Waals surface area (Å²) in [6.45, 7) is 6.34. The summed E-state index contributed by atoms with van der Waals surface area (Å²) in [5.41, 5.74) is 1.30. The number of ether oxygens (including phenoxy) is 1. The molecule has 1 aromatic rings. The summed E-state index contributed by atoms with van der Waals surface area (Å²) in [6.07, 6.45) is 4.66. The summed E-state index contributed by atoms with van der Waals surface area (Å²) < 4.78 is 5.61. The van der Waals surface area contributed by atoms with Crippen molar-refractivity contribution < 1.29 is 4.74 Å². The first-order chi connectivity index (χ1) is 11.7. The van der Waals surface area contributed by atoms with E-state index in [0.717, 1.165) is 62.6 Å². The third-order valence-electron chi connectivity index (χ3n) is 5.03. The van der Waals surface area contributed by atoms with Gasteiger partial charge in [-0.25, -0.2) is 0 Å². The Morgan fingerprint density at radius 2 is 2.08 bits per heavy atom. The van der Waals surface area contributed by atoms with Gasteiger partial charge in [0.15, 0.2) is 5.96 Å². The van der Waals surface area contributed by atoms with Gasteiger partial charge in [-0.15, -0.1) is 0 Å². The molecule has 0 bridgehead atoms. The smallest absolute Gasteiger partial charge is 0.191 e. The summed E-state index contributed by atoms with van der Waals surface area (Å²) in [7, 11) is 0. The molecule has 1 aliphatic heterocycles. The zero-order valence-corrected chi connectivity index (χ0v) is 15.2. The van der Waals surface area contributed by atoms with Gasteiger partial charge in [0.2, 0.25) is 0 Å². The predicted octanol–water partition coefficient (Wildman–Crippen LogP) is 3.35. The number of aliphatic imine (C=N–C) groups is 1. The molecule has 0 aromatic heterocycles. The monoisotopic (exact) mass is 349 g/mol. The fourth-order valence-electron chi connectivity index (χ4n) is 3.25. The van der Waals surface area contributed by atoms with Gasteiger partial charge in [-0.3, -0.25) is 4.99 Å². The lowest BCUT2D eigenvalue weighted by Gasteiger charge is -2.36. The van der Waals surface area contributed by atoms with Crippen molar-refractivity contribution in [3.05, 3.63) is 34.9 Å². The van der Waals surface area contributed by atoms with E-state index in [0.29, 0.717) is 0 Å². The Kier molecular flexibility index (Phi) is 6.01. The summed E-state index contributed by atoms with van der Waals surface area (Å²) in [6, 6.07) is 8.24. The van der Waals surface area contributed by atoms with E-state index >= 15 is 0 Å². The van der Waals surface area contributed by atoms with Gasteiger partial charge in [-0.05, 0) is 56.2 Å². The van der Waals surface area contributed by atoms with Gasteiger partial charge in [0, 0.05) is 36.7 Å². The van der Waals surface area contributed by atoms with E-state index in [1.165, 1.54) is 18.4 Å². The Labute approximate surface area is 150 Å². The number of hydrogen-bond donors (Lipinski definition) is 2. The molecule has 3 rings (SSSR count). The SMILES string of the molecule is CCNC(=NCC1(c2cccc(Cl)c2)CCOCC1)NCC1CC1. The molecule has 0 radical (unpaired) electrons. The van der Waals surface area contributed by atoms with Crippen molar-refractivity contribution >= 4 is 17.6 Å². The summed E-state index contributed by atoms with van der Waals surface area (Å²) in [4.78, 5) is 4.91. The normalized spacial score (nSPS) is 20.7. The number of benzene rings is 1. The molecule has 24 heavy (non-hydrogen) atoms. The number of guanidine groups is 1. The van der Waals surface area contributed by atoms with Gasteiger partial charge >= 0.3 is 0 Å². The van der Waals surface area contributed by atoms with Crippen molar-refractivity contribution in [2.75, 3.05) is 32.8 Å². The molecule has 4 nitrogen and oxygen atoms in total. The molecule has 1 saturated carbocycles. The molecular formula is C19H28ClN3O. The lowest BCUT2D eigenvalue weighted by Crippen LogP contribution is -2.41. The van der Waals surface area contributed by atoms with E-state index in [9.17, 15) is 0 Å². The Bertz CT molecular complexity index is 565. The molecule has 1 aliphatic carbocycles. The van der Waals surface area contributed by atoms with E-state index in [2.05, 4.69) is 29.7 Å². The number of rotatable bonds is 6. The first-order valence-corrected chi connectivity index (χ1v) is 9.46. The van der Waals surface area contributed by atoms with Crippen molar-refractivity contribution in [3.8, 4) is 0 Å². The lowest BCUT2D eigenvalue weighted by molar-refractivity contribution is 0.0531. The van der Waals surface area contributed by atoms with Crippen LogP contribution >= 0.6 is 11.6 Å². The number of hydrogen-bond acceptors (Lipinski definition) is 2. The van der Waals surface area contributed by atoms with E-state index in [1.54, 1.807) is 0 Å². The molecular weight excluding hydrogens is 322 g/mol. The van der Waals surface area contributed by atoms with Crippen LogP contribution in [0.5, 0.6) is 0 Å². The van der Waals surface area contributed by atoms with Crippen LogP contribution in [-0.4, -0.2) is 38.8 Å². The molecule has 2 N–H and O–H groups in total. The van der Waals surface area contributed by atoms with Crippen LogP contribution in [-0.2, 0) is 10.2 Å². The minimum absolute atomic E-state index is 0.0189. The zero-order chi connectivity index (χ0) is 16.8. The molecule has 1 saturated heterocycles. The Hall–Kier alpha value is -1.26. The van der Waals surface area contributed by atoms with Gasteiger partial charge in [-0.1, -0.05) is 23.7 Å². The number of nitrogens with one attached hydrogen (secondary N) is 2. The first kappa shape index (κ1) is 17.6. The maximum Gasteiger partial charge on any atom is 0.191 e. The van der Waals surface area contributed by atoms with Gasteiger partial charge in [0.05, 0.1) is 6.54 Å². The van der Waals surface area contributed by atoms with Crippen molar-refractivity contribution in [2.24, 2.45) is 10.9 Å². The number of halogens is 1. The van der Waals surface area contributed by atoms with Crippen LogP contribution in [0.3, 0.4) is 0 Å². The molecule has 1 heterocycles. The predicted molar refractivity (Wildman–Crippen MR) is 99.9 cm³/mol. The summed E-state index contributed by atoms with van der Waals surface area (Å²) in [5, 5.41) is 7.64. The van der Waals surface area contributed by atoms with Gasteiger partial charge in [0.25, 0.3) is 0 Å². The lowest BCUT2D eigenvalue weighted by atomic mass is 9.74. The maximum absolute atomic E-state index is 6.24. The molecule has 0 amide bonds. The Morgan fingerprint density at radius 3 is 2.75 bits per heavy atom. The standard InChI is InChI=1S/C19H28ClN3O/c1-2-21-18(22-13-15-6-7-15)23-14-19(8-10-24-11-9-19)16-4-3-5-17(20)12-16/h3-5,12,15H,2,6-11,13-14H2,1H3,(H2,21,22,23). The fraction of sp³-hybridized carbons (Fsp3) is 0.632. The third kappa shape index (κ3) is 4.64. The highest BCUT2D eigenvalue weighted by Gasteiger charge is 2.34. The van der Waals surface area contributed by atoms with Crippen LogP contribution in [0.1, 0.15) is 38.2 Å². The summed E-state index contributed by atoms with van der Waals surface area (Å²) >= 11 is 6.24. The third-order valence-corrected chi connectivity index (χ3v) is 5.26. The molecule has 132 valence electrons. The second-order valence-corrected chi connectivity index (χ2v) is 7.36. The van der Waals surface area contributed by atoms with Crippen molar-refractivity contribution in [2.45, 2.75) is 38.0 Å². The molecule has 5 heteroatoms. The van der Waals surface area contributed by atoms with E-state index < -0.39 is 0 Å². The van der Waals surface area contributed by atoms with Crippen molar-refractivity contribution in [1.29, 1.82) is 0 Å². The van der Waals surface area contributed by atoms with Gasteiger partial charge < -0.3 is 15.4 Å². The Balaban J connectivity index is 1.75. The number of nitrogens with zero attached hydrogens (tertiary/aromatic N) is 1. The average molecular weight is 350 g/mol. The molecule has 2 fully saturated rings. The molecule has 0 spiro atoms. The van der Waals surface area contributed by atoms with Crippen LogP contribution in [0.15, 0.2) is 29.3 Å². The largest absolute Gasteiger partial charge is 0.381 e. The van der Waals surface area contributed by atoms with Crippen molar-refractivity contribution in [1.82, 2.24) is 10.6 Å². The van der Waals surface area contributed by atoms with E-state index in [1.807, 2.05) is 12.1 Å². The molecule has 0 unspecified atom stereocenters. The van der Waals surface area contributed by atoms with Crippen LogP contribution in [0.25, 0.3) is 0 Å². The minimum atomic E-state index is 0.0189. The maximum atomic E-state index is 6.24. The summed E-state index contributed by atoms with van der Waals surface area (Å²) in [5.74, 6) is 1.76. The first-order valence-electron chi connectivity index (χ1n) is 9.08. The van der Waals surface area contributed by atoms with Crippen LogP contribution in [0, 0.1) is 5.92 Å².